The third kappa shape index (κ3) is 3.16. The first-order valence-corrected chi connectivity index (χ1v) is 8.28. The molecule has 2 rings (SSSR count). The van der Waals surface area contributed by atoms with Gasteiger partial charge in [0.05, 0.1) is 3.79 Å². The summed E-state index contributed by atoms with van der Waals surface area (Å²) in [5.74, 6) is 0. The fourth-order valence-electron chi connectivity index (χ4n) is 1.93. The molecule has 1 N–H and O–H groups in total. The summed E-state index contributed by atoms with van der Waals surface area (Å²) in [4.78, 5) is 1.32. The molecule has 0 aliphatic rings. The van der Waals surface area contributed by atoms with Gasteiger partial charge in [0.15, 0.2) is 0 Å². The monoisotopic (exact) mass is 387 g/mol. The number of anilines is 1. The van der Waals surface area contributed by atoms with Crippen LogP contribution in [0, 0.1) is 6.92 Å². The summed E-state index contributed by atoms with van der Waals surface area (Å²) >= 11 is 8.81. The molecular weight excluding hydrogens is 374 g/mol. The number of rotatable bonds is 4. The zero-order chi connectivity index (χ0) is 13.1. The summed E-state index contributed by atoms with van der Waals surface area (Å²) in [7, 11) is 0. The van der Waals surface area contributed by atoms with Crippen molar-refractivity contribution < 1.29 is 0 Å². The molecule has 0 saturated heterocycles. The molecule has 1 heterocycles. The minimum atomic E-state index is 0.868. The highest BCUT2D eigenvalue weighted by Crippen LogP contribution is 2.33. The van der Waals surface area contributed by atoms with Crippen molar-refractivity contribution in [3.8, 4) is 0 Å². The molecule has 0 bridgehead atoms. The van der Waals surface area contributed by atoms with E-state index in [4.69, 9.17) is 0 Å². The Bertz CT molecular complexity index is 529. The maximum Gasteiger partial charge on any atom is 0.0843 e. The number of thiophene rings is 1. The second-order valence-corrected chi connectivity index (χ2v) is 7.46. The zero-order valence-corrected chi connectivity index (χ0v) is 14.4. The highest BCUT2D eigenvalue weighted by Gasteiger charge is 2.07. The molecule has 0 atom stereocenters. The summed E-state index contributed by atoms with van der Waals surface area (Å²) < 4.78 is 2.28. The lowest BCUT2D eigenvalue weighted by Crippen LogP contribution is -2.02. The molecule has 0 fully saturated rings. The highest BCUT2D eigenvalue weighted by molar-refractivity contribution is 9.13. The number of hydrogen-bond acceptors (Lipinski definition) is 2. The molecule has 18 heavy (non-hydrogen) atoms. The van der Waals surface area contributed by atoms with Crippen molar-refractivity contribution in [2.45, 2.75) is 26.8 Å². The Kier molecular flexibility index (Phi) is 4.87. The van der Waals surface area contributed by atoms with E-state index >= 15 is 0 Å². The van der Waals surface area contributed by atoms with Gasteiger partial charge in [0.25, 0.3) is 0 Å². The van der Waals surface area contributed by atoms with Crippen molar-refractivity contribution in [1.29, 1.82) is 0 Å². The number of benzene rings is 1. The van der Waals surface area contributed by atoms with Crippen molar-refractivity contribution in [2.24, 2.45) is 0 Å². The molecule has 4 heteroatoms. The third-order valence-corrected chi connectivity index (χ3v) is 6.13. The highest BCUT2D eigenvalue weighted by atomic mass is 79.9. The Morgan fingerprint density at radius 1 is 1.28 bits per heavy atom. The summed E-state index contributed by atoms with van der Waals surface area (Å²) in [5, 5.41) is 3.56. The molecule has 96 valence electrons. The van der Waals surface area contributed by atoms with Gasteiger partial charge in [0, 0.05) is 21.6 Å². The second kappa shape index (κ2) is 6.22. The molecule has 0 radical (unpaired) electrons. The van der Waals surface area contributed by atoms with Crippen LogP contribution in [-0.2, 0) is 13.0 Å². The van der Waals surface area contributed by atoms with Crippen LogP contribution in [0.15, 0.2) is 32.5 Å². The average Bonchev–Trinajstić information content (AvgIpc) is 2.67. The first-order chi connectivity index (χ1) is 8.61. The predicted molar refractivity (Wildman–Crippen MR) is 87.6 cm³/mol. The van der Waals surface area contributed by atoms with Gasteiger partial charge >= 0.3 is 0 Å². The van der Waals surface area contributed by atoms with Crippen molar-refractivity contribution in [3.63, 3.8) is 0 Å². The first-order valence-electron chi connectivity index (χ1n) is 5.88. The quantitative estimate of drug-likeness (QED) is 0.702. The maximum absolute atomic E-state index is 3.56. The van der Waals surface area contributed by atoms with Crippen molar-refractivity contribution in [2.75, 3.05) is 5.32 Å². The largest absolute Gasteiger partial charge is 0.380 e. The fraction of sp³-hybridized carbons (Fsp3) is 0.286. The lowest BCUT2D eigenvalue weighted by Gasteiger charge is -2.13. The molecule has 1 aromatic heterocycles. The van der Waals surface area contributed by atoms with Crippen LogP contribution in [0.4, 0.5) is 5.69 Å². The van der Waals surface area contributed by atoms with Crippen LogP contribution in [0.3, 0.4) is 0 Å². The molecule has 1 nitrogen and oxygen atoms in total. The molecular formula is C14H15Br2NS. The Hall–Kier alpha value is -0.320. The number of aryl methyl sites for hydroxylation is 2. The molecule has 0 unspecified atom stereocenters. The molecule has 0 amide bonds. The Balaban J connectivity index is 2.15. The summed E-state index contributed by atoms with van der Waals surface area (Å²) in [6.45, 7) is 5.22. The van der Waals surface area contributed by atoms with E-state index < -0.39 is 0 Å². The van der Waals surface area contributed by atoms with Gasteiger partial charge in [0.1, 0.15) is 0 Å². The normalized spacial score (nSPS) is 10.7. The summed E-state index contributed by atoms with van der Waals surface area (Å²) in [6.07, 6.45) is 1.06. The van der Waals surface area contributed by atoms with Crippen molar-refractivity contribution in [3.05, 3.63) is 48.5 Å². The minimum Gasteiger partial charge on any atom is -0.380 e. The van der Waals surface area contributed by atoms with Crippen LogP contribution >= 0.6 is 43.2 Å². The zero-order valence-electron chi connectivity index (χ0n) is 10.4. The second-order valence-electron chi connectivity index (χ2n) is 4.15. The predicted octanol–water partition coefficient (Wildman–Crippen LogP) is 5.76. The van der Waals surface area contributed by atoms with Gasteiger partial charge in [-0.3, -0.25) is 0 Å². The average molecular weight is 389 g/mol. The van der Waals surface area contributed by atoms with E-state index in [1.54, 1.807) is 11.3 Å². The molecule has 0 aliphatic carbocycles. The van der Waals surface area contributed by atoms with Crippen molar-refractivity contribution in [1.82, 2.24) is 0 Å². The van der Waals surface area contributed by atoms with Crippen LogP contribution in [0.5, 0.6) is 0 Å². The van der Waals surface area contributed by atoms with E-state index in [9.17, 15) is 0 Å². The SMILES string of the molecule is CCc1cccc(C)c1NCc1cc(Br)c(Br)s1. The number of hydrogen-bond donors (Lipinski definition) is 1. The lowest BCUT2D eigenvalue weighted by atomic mass is 10.1. The van der Waals surface area contributed by atoms with Crippen LogP contribution < -0.4 is 5.32 Å². The van der Waals surface area contributed by atoms with Crippen LogP contribution in [0.2, 0.25) is 0 Å². The number of halogens is 2. The van der Waals surface area contributed by atoms with E-state index in [1.165, 1.54) is 21.7 Å². The Morgan fingerprint density at radius 2 is 2.06 bits per heavy atom. The minimum absolute atomic E-state index is 0.868. The molecule has 0 spiro atoms. The van der Waals surface area contributed by atoms with Gasteiger partial charge in [-0.2, -0.15) is 0 Å². The number of para-hydroxylation sites is 1. The third-order valence-electron chi connectivity index (χ3n) is 2.88. The number of nitrogens with one attached hydrogen (secondary N) is 1. The fourth-order valence-corrected chi connectivity index (χ4v) is 4.05. The van der Waals surface area contributed by atoms with E-state index in [-0.39, 0.29) is 0 Å². The molecule has 2 aromatic rings. The van der Waals surface area contributed by atoms with Gasteiger partial charge in [-0.15, -0.1) is 11.3 Å². The Labute approximate surface area is 129 Å². The smallest absolute Gasteiger partial charge is 0.0843 e. The van der Waals surface area contributed by atoms with Crippen LogP contribution in [0.1, 0.15) is 22.9 Å². The summed E-state index contributed by atoms with van der Waals surface area (Å²) in [5.41, 5.74) is 3.97. The van der Waals surface area contributed by atoms with E-state index in [0.717, 1.165) is 21.2 Å². The van der Waals surface area contributed by atoms with Gasteiger partial charge in [-0.05, 0) is 62.4 Å². The van der Waals surface area contributed by atoms with Gasteiger partial charge < -0.3 is 5.32 Å². The van der Waals surface area contributed by atoms with Gasteiger partial charge in [-0.25, -0.2) is 0 Å². The topological polar surface area (TPSA) is 12.0 Å². The van der Waals surface area contributed by atoms with Crippen LogP contribution in [0.25, 0.3) is 0 Å². The lowest BCUT2D eigenvalue weighted by molar-refractivity contribution is 1.09. The van der Waals surface area contributed by atoms with Crippen LogP contribution in [-0.4, -0.2) is 0 Å². The van der Waals surface area contributed by atoms with E-state index in [1.807, 2.05) is 0 Å². The summed E-state index contributed by atoms with van der Waals surface area (Å²) in [6, 6.07) is 8.63. The first kappa shape index (κ1) is 14.1. The van der Waals surface area contributed by atoms with Crippen molar-refractivity contribution >= 4 is 48.9 Å². The van der Waals surface area contributed by atoms with E-state index in [0.29, 0.717) is 0 Å². The molecule has 1 aromatic carbocycles. The van der Waals surface area contributed by atoms with E-state index in [2.05, 4.69) is 75.3 Å². The molecule has 0 saturated carbocycles. The standard InChI is InChI=1S/C14H15Br2NS/c1-3-10-6-4-5-9(2)13(10)17-8-11-7-12(15)14(16)18-11/h4-7,17H,3,8H2,1-2H3. The molecule has 0 aliphatic heterocycles. The Morgan fingerprint density at radius 3 is 2.67 bits per heavy atom. The van der Waals surface area contributed by atoms with Gasteiger partial charge in [0.2, 0.25) is 0 Å². The maximum atomic E-state index is 3.56. The van der Waals surface area contributed by atoms with Gasteiger partial charge in [-0.1, -0.05) is 25.1 Å².